The molecule has 4 heteroatoms. The fourth-order valence-electron chi connectivity index (χ4n) is 3.02. The van der Waals surface area contributed by atoms with Crippen LogP contribution in [-0.4, -0.2) is 24.2 Å². The molecule has 1 heterocycles. The fraction of sp³-hybridized carbons (Fsp3) is 0.429. The Hall–Kier alpha value is -2.20. The van der Waals surface area contributed by atoms with Gasteiger partial charge < -0.3 is 19.7 Å². The van der Waals surface area contributed by atoms with Crippen molar-refractivity contribution in [2.24, 2.45) is 0 Å². The van der Waals surface area contributed by atoms with Gasteiger partial charge in [-0.25, -0.2) is 0 Å². The molecule has 1 atom stereocenters. The molecule has 0 aliphatic carbocycles. The Morgan fingerprint density at radius 1 is 1.32 bits per heavy atom. The summed E-state index contributed by atoms with van der Waals surface area (Å²) in [5.74, 6) is 2.54. The first-order chi connectivity index (χ1) is 12.1. The number of hydrogen-bond donors (Lipinski definition) is 1. The number of hydrogen-bond acceptors (Lipinski definition) is 3. The number of rotatable bonds is 9. The molecule has 136 valence electrons. The van der Waals surface area contributed by atoms with E-state index < -0.39 is 0 Å². The van der Waals surface area contributed by atoms with Crippen LogP contribution in [0.15, 0.2) is 60.2 Å². The molecule has 0 aromatic heterocycles. The normalized spacial score (nSPS) is 17.3. The summed E-state index contributed by atoms with van der Waals surface area (Å²) in [4.78, 5) is 2.31. The van der Waals surface area contributed by atoms with E-state index in [-0.39, 0.29) is 6.23 Å². The minimum Gasteiger partial charge on any atom is -0.473 e. The average molecular weight is 343 g/mol. The van der Waals surface area contributed by atoms with Gasteiger partial charge in [0.1, 0.15) is 11.5 Å². The van der Waals surface area contributed by atoms with E-state index in [0.717, 1.165) is 43.1 Å². The van der Waals surface area contributed by atoms with E-state index in [1.165, 1.54) is 5.70 Å². The van der Waals surface area contributed by atoms with Gasteiger partial charge in [-0.15, -0.1) is 0 Å². The zero-order valence-electron chi connectivity index (χ0n) is 15.9. The minimum absolute atomic E-state index is 0.142. The number of quaternary nitrogens is 1. The highest BCUT2D eigenvalue weighted by molar-refractivity contribution is 5.46. The van der Waals surface area contributed by atoms with Gasteiger partial charge in [0.25, 0.3) is 0 Å². The van der Waals surface area contributed by atoms with Gasteiger partial charge in [-0.05, 0) is 46.3 Å². The zero-order chi connectivity index (χ0) is 18.2. The van der Waals surface area contributed by atoms with Crippen LogP contribution in [0.5, 0.6) is 5.75 Å². The number of ether oxygens (including phenoxy) is 2. The predicted octanol–water partition coefficient (Wildman–Crippen LogP) is 4.06. The molecule has 2 N–H and O–H groups in total. The summed E-state index contributed by atoms with van der Waals surface area (Å²) in [6.07, 6.45) is 6.07. The van der Waals surface area contributed by atoms with Crippen LogP contribution in [0.2, 0.25) is 0 Å². The van der Waals surface area contributed by atoms with Gasteiger partial charge in [0, 0.05) is 19.0 Å². The number of nitrogens with two attached hydrogens (primary N) is 1. The van der Waals surface area contributed by atoms with Crippen LogP contribution in [0, 0.1) is 0 Å². The second kappa shape index (κ2) is 9.33. The molecule has 25 heavy (non-hydrogen) atoms. The van der Waals surface area contributed by atoms with Crippen molar-refractivity contribution < 1.29 is 14.8 Å². The van der Waals surface area contributed by atoms with Crippen LogP contribution in [0.4, 0.5) is 5.69 Å². The molecule has 1 aliphatic rings. The maximum Gasteiger partial charge on any atom is 0.187 e. The van der Waals surface area contributed by atoms with Crippen LogP contribution >= 0.6 is 0 Å². The second-order valence-corrected chi connectivity index (χ2v) is 6.20. The number of allylic oxidation sites excluding steroid dienone is 4. The molecule has 0 radical (unpaired) electrons. The zero-order valence-corrected chi connectivity index (χ0v) is 15.9. The summed E-state index contributed by atoms with van der Waals surface area (Å²) in [7, 11) is 0. The summed E-state index contributed by atoms with van der Waals surface area (Å²) in [6.45, 7) is 14.4. The van der Waals surface area contributed by atoms with E-state index in [2.05, 4.69) is 49.7 Å². The van der Waals surface area contributed by atoms with E-state index in [1.807, 2.05) is 31.2 Å². The summed E-state index contributed by atoms with van der Waals surface area (Å²) in [5, 5.41) is 2.15. The van der Waals surface area contributed by atoms with Gasteiger partial charge in [-0.3, -0.25) is 0 Å². The van der Waals surface area contributed by atoms with Gasteiger partial charge in [0.05, 0.1) is 12.2 Å². The van der Waals surface area contributed by atoms with Crippen molar-refractivity contribution in [1.29, 1.82) is 0 Å². The average Bonchev–Trinajstić information content (AvgIpc) is 2.87. The fourth-order valence-corrected chi connectivity index (χ4v) is 3.02. The minimum atomic E-state index is 0.142. The van der Waals surface area contributed by atoms with Gasteiger partial charge >= 0.3 is 0 Å². The highest BCUT2D eigenvalue weighted by atomic mass is 16.5. The molecule has 0 saturated carbocycles. The summed E-state index contributed by atoms with van der Waals surface area (Å²) < 4.78 is 11.8. The lowest BCUT2D eigenvalue weighted by Crippen LogP contribution is -2.77. The molecule has 1 unspecified atom stereocenters. The third-order valence-electron chi connectivity index (χ3n) is 4.41. The third-order valence-corrected chi connectivity index (χ3v) is 4.41. The molecule has 2 rings (SSSR count). The monoisotopic (exact) mass is 343 g/mol. The third kappa shape index (κ3) is 5.13. The van der Waals surface area contributed by atoms with E-state index in [0.29, 0.717) is 5.76 Å². The first-order valence-electron chi connectivity index (χ1n) is 9.13. The molecule has 4 nitrogen and oxygen atoms in total. The van der Waals surface area contributed by atoms with E-state index in [4.69, 9.17) is 9.47 Å². The molecule has 1 aliphatic heterocycles. The Morgan fingerprint density at radius 3 is 2.80 bits per heavy atom. The Kier molecular flexibility index (Phi) is 7.14. The van der Waals surface area contributed by atoms with Crippen molar-refractivity contribution in [2.75, 3.05) is 13.1 Å². The number of benzene rings is 1. The van der Waals surface area contributed by atoms with Crippen LogP contribution in [-0.2, 0) is 4.74 Å². The van der Waals surface area contributed by atoms with Crippen molar-refractivity contribution in [3.63, 3.8) is 0 Å². The largest absolute Gasteiger partial charge is 0.473 e. The molecule has 0 bridgehead atoms. The van der Waals surface area contributed by atoms with Gasteiger partial charge in [0.15, 0.2) is 17.7 Å². The lowest BCUT2D eigenvalue weighted by Gasteiger charge is -2.24. The van der Waals surface area contributed by atoms with Gasteiger partial charge in [0.2, 0.25) is 0 Å². The lowest BCUT2D eigenvalue weighted by atomic mass is 10.2. The van der Waals surface area contributed by atoms with Crippen LogP contribution < -0.4 is 10.1 Å². The van der Waals surface area contributed by atoms with Crippen molar-refractivity contribution in [1.82, 2.24) is 4.90 Å². The Bertz CT molecular complexity index is 649. The van der Waals surface area contributed by atoms with Crippen LogP contribution in [0.1, 0.15) is 40.5 Å². The van der Waals surface area contributed by atoms with Crippen molar-refractivity contribution in [2.45, 2.75) is 46.8 Å². The summed E-state index contributed by atoms with van der Waals surface area (Å²) in [6, 6.07) is 8.04. The SMILES string of the molecule is C=C(C=CCCC1OC(C)=C(C)N1CC)Oc1ccccc1[NH2+]CC. The Morgan fingerprint density at radius 2 is 2.08 bits per heavy atom. The van der Waals surface area contributed by atoms with Crippen molar-refractivity contribution in [3.05, 3.63) is 60.2 Å². The molecular weight excluding hydrogens is 312 g/mol. The van der Waals surface area contributed by atoms with E-state index >= 15 is 0 Å². The lowest BCUT2D eigenvalue weighted by molar-refractivity contribution is -0.568. The topological polar surface area (TPSA) is 38.3 Å². The Balaban J connectivity index is 1.82. The second-order valence-electron chi connectivity index (χ2n) is 6.20. The standard InChI is InChI=1S/C21H30N2O2/c1-6-22-19-13-9-10-14-20(19)24-16(3)12-8-11-15-21-23(7-2)17(4)18(5)25-21/h8-10,12-14,21-22H,3,6-7,11,15H2,1-2,4-5H3/p+1. The molecule has 0 spiro atoms. The first-order valence-corrected chi connectivity index (χ1v) is 9.13. The van der Waals surface area contributed by atoms with Gasteiger partial charge in [-0.2, -0.15) is 0 Å². The Labute approximate surface area is 151 Å². The molecule has 0 saturated heterocycles. The summed E-state index contributed by atoms with van der Waals surface area (Å²) in [5.41, 5.74) is 2.35. The van der Waals surface area contributed by atoms with Crippen molar-refractivity contribution in [3.8, 4) is 5.75 Å². The van der Waals surface area contributed by atoms with E-state index in [9.17, 15) is 0 Å². The smallest absolute Gasteiger partial charge is 0.187 e. The van der Waals surface area contributed by atoms with Crippen molar-refractivity contribution >= 4 is 5.69 Å². The maximum absolute atomic E-state index is 5.94. The maximum atomic E-state index is 5.94. The first kappa shape index (κ1) is 19.1. The summed E-state index contributed by atoms with van der Waals surface area (Å²) >= 11 is 0. The molecule has 1 aromatic carbocycles. The number of para-hydroxylation sites is 2. The molecular formula is C21H31N2O2+. The highest BCUT2D eigenvalue weighted by Gasteiger charge is 2.26. The molecule has 1 aromatic rings. The predicted molar refractivity (Wildman–Crippen MR) is 102 cm³/mol. The number of nitrogens with zero attached hydrogens (tertiary/aromatic N) is 1. The molecule has 0 fully saturated rings. The van der Waals surface area contributed by atoms with Crippen LogP contribution in [0.3, 0.4) is 0 Å². The molecule has 0 amide bonds. The highest BCUT2D eigenvalue weighted by Crippen LogP contribution is 2.27. The van der Waals surface area contributed by atoms with Gasteiger partial charge in [-0.1, -0.05) is 24.8 Å². The van der Waals surface area contributed by atoms with Crippen LogP contribution in [0.25, 0.3) is 0 Å². The quantitative estimate of drug-likeness (QED) is 0.417. The van der Waals surface area contributed by atoms with E-state index in [1.54, 1.807) is 0 Å².